The van der Waals surface area contributed by atoms with E-state index in [4.69, 9.17) is 14.2 Å². The van der Waals surface area contributed by atoms with Crippen LogP contribution in [-0.4, -0.2) is 48.6 Å². The number of allylic oxidation sites excluding steroid dienone is 3. The molecule has 0 saturated carbocycles. The molecule has 0 aromatic heterocycles. The molecule has 140 valence electrons. The number of carbonyl (C=O) groups excluding carboxylic acids is 2. The van der Waals surface area contributed by atoms with Gasteiger partial charge in [0.15, 0.2) is 0 Å². The molecule has 25 heavy (non-hydrogen) atoms. The number of hydrogen-bond donors (Lipinski definition) is 1. The zero-order valence-electron chi connectivity index (χ0n) is 14.9. The average molecular weight is 352 g/mol. The first-order valence-electron chi connectivity index (χ1n) is 8.61. The van der Waals surface area contributed by atoms with Crippen molar-refractivity contribution in [3.8, 4) is 0 Å². The summed E-state index contributed by atoms with van der Waals surface area (Å²) < 4.78 is 15.7. The topological polar surface area (TPSA) is 82.1 Å². The van der Waals surface area contributed by atoms with E-state index in [0.717, 1.165) is 25.7 Å². The zero-order chi connectivity index (χ0) is 18.5. The summed E-state index contributed by atoms with van der Waals surface area (Å²) in [4.78, 5) is 22.1. The smallest absolute Gasteiger partial charge is 0.303 e. The number of aliphatic hydroxyl groups is 1. The second-order valence-corrected chi connectivity index (χ2v) is 5.83. The van der Waals surface area contributed by atoms with Gasteiger partial charge < -0.3 is 19.3 Å². The second kappa shape index (κ2) is 12.4. The molecule has 1 rings (SSSR count). The van der Waals surface area contributed by atoms with Gasteiger partial charge >= 0.3 is 11.9 Å². The lowest BCUT2D eigenvalue weighted by Crippen LogP contribution is -2.33. The van der Waals surface area contributed by atoms with Gasteiger partial charge in [-0.2, -0.15) is 0 Å². The molecule has 1 N–H and O–H groups in total. The Kier molecular flexibility index (Phi) is 10.5. The lowest BCUT2D eigenvalue weighted by molar-refractivity contribution is -0.154. The third-order valence-corrected chi connectivity index (χ3v) is 3.50. The van der Waals surface area contributed by atoms with Crippen LogP contribution in [0.15, 0.2) is 36.5 Å². The number of carbonyl (C=O) groups is 2. The van der Waals surface area contributed by atoms with Crippen molar-refractivity contribution >= 4 is 11.9 Å². The third-order valence-electron chi connectivity index (χ3n) is 3.50. The van der Waals surface area contributed by atoms with E-state index in [0.29, 0.717) is 6.61 Å². The van der Waals surface area contributed by atoms with Crippen LogP contribution in [0.4, 0.5) is 0 Å². The van der Waals surface area contributed by atoms with Crippen LogP contribution < -0.4 is 0 Å². The fraction of sp³-hybridized carbons (Fsp3) is 0.579. The Morgan fingerprint density at radius 2 is 2.04 bits per heavy atom. The summed E-state index contributed by atoms with van der Waals surface area (Å²) in [5.41, 5.74) is 0. The molecule has 0 aliphatic carbocycles. The van der Waals surface area contributed by atoms with E-state index in [1.165, 1.54) is 13.8 Å². The fourth-order valence-corrected chi connectivity index (χ4v) is 2.24. The van der Waals surface area contributed by atoms with Crippen molar-refractivity contribution in [3.63, 3.8) is 0 Å². The molecule has 0 saturated heterocycles. The van der Waals surface area contributed by atoms with E-state index in [-0.39, 0.29) is 12.7 Å². The fourth-order valence-electron chi connectivity index (χ4n) is 2.24. The van der Waals surface area contributed by atoms with Crippen molar-refractivity contribution in [2.75, 3.05) is 13.2 Å². The van der Waals surface area contributed by atoms with E-state index in [1.807, 2.05) is 18.2 Å². The molecule has 0 radical (unpaired) electrons. The van der Waals surface area contributed by atoms with Crippen LogP contribution in [0.25, 0.3) is 0 Å². The molecule has 1 unspecified atom stereocenters. The lowest BCUT2D eigenvalue weighted by Gasteiger charge is -2.20. The molecule has 1 heterocycles. The van der Waals surface area contributed by atoms with Crippen molar-refractivity contribution < 1.29 is 28.9 Å². The zero-order valence-corrected chi connectivity index (χ0v) is 14.9. The van der Waals surface area contributed by atoms with Gasteiger partial charge in [-0.25, -0.2) is 0 Å². The van der Waals surface area contributed by atoms with Gasteiger partial charge in [0.25, 0.3) is 0 Å². The first kappa shape index (κ1) is 21.1. The summed E-state index contributed by atoms with van der Waals surface area (Å²) in [5, 5.41) is 10.1. The molecule has 1 aliphatic heterocycles. The predicted molar refractivity (Wildman–Crippen MR) is 93.8 cm³/mol. The molecule has 0 fully saturated rings. The van der Waals surface area contributed by atoms with E-state index in [2.05, 4.69) is 6.08 Å². The van der Waals surface area contributed by atoms with Gasteiger partial charge in [0.2, 0.25) is 0 Å². The minimum atomic E-state index is -1.14. The number of ether oxygens (including phenoxy) is 3. The summed E-state index contributed by atoms with van der Waals surface area (Å²) in [6.45, 7) is 2.89. The molecule has 3 atom stereocenters. The number of rotatable bonds is 6. The van der Waals surface area contributed by atoms with Crippen molar-refractivity contribution in [1.82, 2.24) is 0 Å². The molecule has 0 amide bonds. The first-order chi connectivity index (χ1) is 12.0. The molecular formula is C19H28O6. The maximum Gasteiger partial charge on any atom is 0.303 e. The van der Waals surface area contributed by atoms with Crippen molar-refractivity contribution in [2.45, 2.75) is 57.8 Å². The van der Waals surface area contributed by atoms with Crippen LogP contribution >= 0.6 is 0 Å². The monoisotopic (exact) mass is 352 g/mol. The third kappa shape index (κ3) is 10.5. The molecule has 0 bridgehead atoms. The largest absolute Gasteiger partial charge is 0.463 e. The maximum atomic E-state index is 11.2. The van der Waals surface area contributed by atoms with Crippen molar-refractivity contribution in [1.29, 1.82) is 0 Å². The number of aliphatic hydroxyl groups excluding tert-OH is 1. The highest BCUT2D eigenvalue weighted by atomic mass is 16.6. The first-order valence-corrected chi connectivity index (χ1v) is 8.61. The van der Waals surface area contributed by atoms with Crippen LogP contribution in [0.3, 0.4) is 0 Å². The Balaban J connectivity index is 2.72. The predicted octanol–water partition coefficient (Wildman–Crippen LogP) is 2.47. The number of hydrogen-bond acceptors (Lipinski definition) is 6. The molecule has 1 aliphatic rings. The summed E-state index contributed by atoms with van der Waals surface area (Å²) in [6, 6.07) is 0. The standard InChI is InChI=1S/C19H28O6/c1-15(20)24-14-18(22)19(25-16(2)21)12-11-17-10-8-6-4-3-5-7-9-13-23-17/h4,6,8,10-12,17-19,22H,3,5,7,9,13-14H2,1-2H3/b6-4+,10-8-,12-11+/t17?,18-,19+/m1/s1. The molecule has 0 aromatic carbocycles. The Morgan fingerprint density at radius 1 is 1.24 bits per heavy atom. The number of esters is 2. The summed E-state index contributed by atoms with van der Waals surface area (Å²) in [5.74, 6) is -1.04. The highest BCUT2D eigenvalue weighted by Crippen LogP contribution is 2.09. The Hall–Kier alpha value is -1.92. The van der Waals surface area contributed by atoms with Gasteiger partial charge in [0.1, 0.15) is 18.8 Å². The molecular weight excluding hydrogens is 324 g/mol. The van der Waals surface area contributed by atoms with E-state index in [1.54, 1.807) is 12.2 Å². The summed E-state index contributed by atoms with van der Waals surface area (Å²) in [7, 11) is 0. The molecule has 0 aromatic rings. The van der Waals surface area contributed by atoms with Crippen LogP contribution in [0.1, 0.15) is 39.5 Å². The van der Waals surface area contributed by atoms with E-state index >= 15 is 0 Å². The highest BCUT2D eigenvalue weighted by Gasteiger charge is 2.21. The Morgan fingerprint density at radius 3 is 2.76 bits per heavy atom. The van der Waals surface area contributed by atoms with Crippen LogP contribution in [0.2, 0.25) is 0 Å². The Labute approximate surface area is 149 Å². The van der Waals surface area contributed by atoms with Crippen LogP contribution in [0.5, 0.6) is 0 Å². The van der Waals surface area contributed by atoms with Gasteiger partial charge in [0, 0.05) is 20.5 Å². The molecule has 6 nitrogen and oxygen atoms in total. The van der Waals surface area contributed by atoms with Gasteiger partial charge in [-0.3, -0.25) is 9.59 Å². The highest BCUT2D eigenvalue weighted by molar-refractivity contribution is 5.66. The van der Waals surface area contributed by atoms with Crippen molar-refractivity contribution in [3.05, 3.63) is 36.5 Å². The van der Waals surface area contributed by atoms with E-state index < -0.39 is 24.1 Å². The van der Waals surface area contributed by atoms with E-state index in [9.17, 15) is 14.7 Å². The Bertz CT molecular complexity index is 494. The second-order valence-electron chi connectivity index (χ2n) is 5.83. The minimum absolute atomic E-state index is 0.248. The van der Waals surface area contributed by atoms with Gasteiger partial charge in [-0.15, -0.1) is 0 Å². The van der Waals surface area contributed by atoms with Gasteiger partial charge in [0.05, 0.1) is 6.10 Å². The lowest BCUT2D eigenvalue weighted by atomic mass is 10.1. The van der Waals surface area contributed by atoms with Gasteiger partial charge in [-0.1, -0.05) is 36.8 Å². The normalized spacial score (nSPS) is 23.9. The van der Waals surface area contributed by atoms with Gasteiger partial charge in [-0.05, 0) is 25.3 Å². The van der Waals surface area contributed by atoms with Crippen molar-refractivity contribution in [2.24, 2.45) is 0 Å². The molecule has 0 spiro atoms. The minimum Gasteiger partial charge on any atom is -0.463 e. The summed E-state index contributed by atoms with van der Waals surface area (Å²) >= 11 is 0. The van der Waals surface area contributed by atoms with Crippen LogP contribution in [-0.2, 0) is 23.8 Å². The maximum absolute atomic E-state index is 11.2. The molecule has 6 heteroatoms. The van der Waals surface area contributed by atoms with Crippen LogP contribution in [0, 0.1) is 0 Å². The average Bonchev–Trinajstić information content (AvgIpc) is 2.61. The quantitative estimate of drug-likeness (QED) is 0.584. The SMILES string of the molecule is CC(=O)OC[C@@H](O)[C@H](/C=C/C1/C=C\C=C\CCCCCO1)OC(C)=O. The summed E-state index contributed by atoms with van der Waals surface area (Å²) in [6.07, 6.45) is 13.1.